The van der Waals surface area contributed by atoms with E-state index in [0.717, 1.165) is 77.8 Å². The molecule has 1 aromatic heterocycles. The van der Waals surface area contributed by atoms with Crippen LogP contribution >= 0.6 is 0 Å². The van der Waals surface area contributed by atoms with E-state index in [1.807, 2.05) is 60.7 Å². The summed E-state index contributed by atoms with van der Waals surface area (Å²) < 4.78 is 25.2. The minimum atomic E-state index is -0.530. The average molecular weight is 687 g/mol. The smallest absolute Gasteiger partial charge is 0.271 e. The van der Waals surface area contributed by atoms with Gasteiger partial charge in [-0.15, -0.1) is 0 Å². The number of carbonyl (C=O) groups is 1. The van der Waals surface area contributed by atoms with Gasteiger partial charge in [0.05, 0.1) is 49.3 Å². The number of piperidine rings is 1. The lowest BCUT2D eigenvalue weighted by Crippen LogP contribution is -2.48. The van der Waals surface area contributed by atoms with Gasteiger partial charge in [-0.05, 0) is 46.0 Å². The number of ether oxygens (including phenoxy) is 4. The van der Waals surface area contributed by atoms with Gasteiger partial charge in [-0.25, -0.2) is 4.98 Å². The lowest BCUT2D eigenvalue weighted by molar-refractivity contribution is -0.255. The monoisotopic (exact) mass is 686 g/mol. The Kier molecular flexibility index (Phi) is 9.86. The van der Waals surface area contributed by atoms with Crippen LogP contribution in [0, 0.1) is 0 Å². The van der Waals surface area contributed by atoms with Gasteiger partial charge in [0.2, 0.25) is 0 Å². The summed E-state index contributed by atoms with van der Waals surface area (Å²) in [6.45, 7) is 4.32. The summed E-state index contributed by atoms with van der Waals surface area (Å²) in [5.74, 6) is -0.674. The molecular formula is C41H42N4O6. The number of rotatable bonds is 9. The van der Waals surface area contributed by atoms with E-state index < -0.39 is 12.1 Å². The molecule has 10 nitrogen and oxygen atoms in total. The van der Waals surface area contributed by atoms with E-state index in [0.29, 0.717) is 25.3 Å². The van der Waals surface area contributed by atoms with E-state index in [4.69, 9.17) is 18.9 Å². The first-order valence-corrected chi connectivity index (χ1v) is 17.7. The fraction of sp³-hybridized carbons (Fsp3) is 0.341. The Hall–Kier alpha value is -4.55. The Labute approximate surface area is 297 Å². The number of hydrogen-bond acceptors (Lipinski definition) is 9. The number of para-hydroxylation sites is 2. The molecule has 10 heteroatoms. The number of nitrogens with zero attached hydrogens (tertiary/aromatic N) is 3. The SMILES string of the molecule is O=C(NCc1cccc(-c2ccc(C3OC(CN4CCC5(CC4)OCCO5)CC(c4ccc(CO)cc4)O3)cc2)c1)c1cnc2ccccc2n1. The van der Waals surface area contributed by atoms with Crippen molar-refractivity contribution in [3.05, 3.63) is 131 Å². The summed E-state index contributed by atoms with van der Waals surface area (Å²) >= 11 is 0. The summed E-state index contributed by atoms with van der Waals surface area (Å²) in [6, 6.07) is 32.0. The third-order valence-electron chi connectivity index (χ3n) is 10.1. The van der Waals surface area contributed by atoms with E-state index in [2.05, 4.69) is 56.6 Å². The topological polar surface area (TPSA) is 115 Å². The zero-order chi connectivity index (χ0) is 34.6. The fourth-order valence-electron chi connectivity index (χ4n) is 7.22. The number of fused-ring (bicyclic) bond motifs is 1. The van der Waals surface area contributed by atoms with Crippen LogP contribution in [0.5, 0.6) is 0 Å². The molecule has 0 saturated carbocycles. The second kappa shape index (κ2) is 15.0. The highest BCUT2D eigenvalue weighted by Gasteiger charge is 2.41. The highest BCUT2D eigenvalue weighted by atomic mass is 16.7. The average Bonchev–Trinajstić information content (AvgIpc) is 3.65. The predicted octanol–water partition coefficient (Wildman–Crippen LogP) is 6.10. The van der Waals surface area contributed by atoms with E-state index in [9.17, 15) is 9.90 Å². The maximum Gasteiger partial charge on any atom is 0.271 e. The van der Waals surface area contributed by atoms with Crippen LogP contribution < -0.4 is 5.32 Å². The highest BCUT2D eigenvalue weighted by Crippen LogP contribution is 2.39. The molecule has 8 rings (SSSR count). The van der Waals surface area contributed by atoms with Crippen LogP contribution in [0.4, 0.5) is 0 Å². The van der Waals surface area contributed by atoms with Gasteiger partial charge < -0.3 is 34.3 Å². The summed E-state index contributed by atoms with van der Waals surface area (Å²) in [7, 11) is 0. The van der Waals surface area contributed by atoms with Crippen LogP contribution in [0.3, 0.4) is 0 Å². The van der Waals surface area contributed by atoms with Crippen LogP contribution in [-0.2, 0) is 32.1 Å². The predicted molar refractivity (Wildman–Crippen MR) is 191 cm³/mol. The fourth-order valence-corrected chi connectivity index (χ4v) is 7.22. The highest BCUT2D eigenvalue weighted by molar-refractivity contribution is 5.93. The van der Waals surface area contributed by atoms with Crippen molar-refractivity contribution in [3.8, 4) is 11.1 Å². The van der Waals surface area contributed by atoms with Gasteiger partial charge in [0.15, 0.2) is 12.1 Å². The van der Waals surface area contributed by atoms with Gasteiger partial charge >= 0.3 is 0 Å². The Morgan fingerprint density at radius 3 is 2.33 bits per heavy atom. The van der Waals surface area contributed by atoms with Crippen molar-refractivity contribution in [1.82, 2.24) is 20.2 Å². The van der Waals surface area contributed by atoms with Gasteiger partial charge in [-0.1, -0.05) is 78.9 Å². The molecule has 4 aromatic carbocycles. The second-order valence-electron chi connectivity index (χ2n) is 13.5. The van der Waals surface area contributed by atoms with Crippen molar-refractivity contribution in [1.29, 1.82) is 0 Å². The van der Waals surface area contributed by atoms with Crippen molar-refractivity contribution in [2.45, 2.75) is 56.7 Å². The molecule has 5 aromatic rings. The summed E-state index contributed by atoms with van der Waals surface area (Å²) in [4.78, 5) is 24.1. The van der Waals surface area contributed by atoms with Gasteiger partial charge in [-0.2, -0.15) is 0 Å². The van der Waals surface area contributed by atoms with E-state index in [1.54, 1.807) is 0 Å². The molecule has 51 heavy (non-hydrogen) atoms. The van der Waals surface area contributed by atoms with E-state index in [-0.39, 0.29) is 30.4 Å². The molecule has 3 fully saturated rings. The van der Waals surface area contributed by atoms with Crippen LogP contribution in [0.15, 0.2) is 103 Å². The Bertz CT molecular complexity index is 1950. The second-order valence-corrected chi connectivity index (χ2v) is 13.5. The molecular weight excluding hydrogens is 644 g/mol. The molecule has 262 valence electrons. The number of carbonyl (C=O) groups excluding carboxylic acids is 1. The van der Waals surface area contributed by atoms with Gasteiger partial charge in [0.25, 0.3) is 5.91 Å². The van der Waals surface area contributed by atoms with E-state index >= 15 is 0 Å². The molecule has 3 aliphatic heterocycles. The minimum absolute atomic E-state index is 0.00839. The molecule has 1 spiro atoms. The number of amides is 1. The Morgan fingerprint density at radius 1 is 0.824 bits per heavy atom. The number of likely N-dealkylation sites (tertiary alicyclic amines) is 1. The van der Waals surface area contributed by atoms with Crippen LogP contribution in [-0.4, -0.2) is 70.6 Å². The third kappa shape index (κ3) is 7.72. The zero-order valence-corrected chi connectivity index (χ0v) is 28.4. The molecule has 0 radical (unpaired) electrons. The number of aliphatic hydroxyl groups excluding tert-OH is 1. The molecule has 4 heterocycles. The standard InChI is InChI=1S/C41H42N4O6/c46-27-28-8-10-31(11-9-28)38-23-34(26-45-18-16-41(17-19-45)48-20-21-49-41)50-40(51-38)32-14-12-30(13-15-32)33-5-3-4-29(22-33)24-43-39(47)37-25-42-35-6-1-2-7-36(35)44-37/h1-15,22,25,34,38,40,46H,16-21,23-24,26-27H2,(H,43,47). The van der Waals surface area contributed by atoms with Crippen molar-refractivity contribution in [2.75, 3.05) is 32.8 Å². The normalized spacial score (nSPS) is 21.9. The van der Waals surface area contributed by atoms with Crippen molar-refractivity contribution in [2.24, 2.45) is 0 Å². The molecule has 3 aliphatic rings. The number of aromatic nitrogens is 2. The first-order valence-electron chi connectivity index (χ1n) is 17.7. The van der Waals surface area contributed by atoms with Crippen LogP contribution in [0.2, 0.25) is 0 Å². The third-order valence-corrected chi connectivity index (χ3v) is 10.1. The maximum absolute atomic E-state index is 12.9. The van der Waals surface area contributed by atoms with Crippen molar-refractivity contribution in [3.63, 3.8) is 0 Å². The maximum atomic E-state index is 12.9. The lowest BCUT2D eigenvalue weighted by atomic mass is 9.98. The van der Waals surface area contributed by atoms with Crippen molar-refractivity contribution < 1.29 is 28.8 Å². The van der Waals surface area contributed by atoms with Gasteiger partial charge in [0.1, 0.15) is 5.69 Å². The van der Waals surface area contributed by atoms with Gasteiger partial charge in [0, 0.05) is 51.0 Å². The zero-order valence-electron chi connectivity index (χ0n) is 28.4. The molecule has 3 unspecified atom stereocenters. The summed E-state index contributed by atoms with van der Waals surface area (Å²) in [6.07, 6.45) is 3.26. The van der Waals surface area contributed by atoms with Crippen LogP contribution in [0.1, 0.15) is 64.4 Å². The number of aliphatic hydroxyl groups is 1. The Morgan fingerprint density at radius 2 is 1.57 bits per heavy atom. The molecule has 0 bridgehead atoms. The first kappa shape index (κ1) is 33.6. The molecule has 0 aliphatic carbocycles. The van der Waals surface area contributed by atoms with Crippen molar-refractivity contribution >= 4 is 16.9 Å². The Balaban J connectivity index is 0.941. The summed E-state index contributed by atoms with van der Waals surface area (Å²) in [5, 5.41) is 12.6. The lowest BCUT2D eigenvalue weighted by Gasteiger charge is -2.41. The van der Waals surface area contributed by atoms with Crippen LogP contribution in [0.25, 0.3) is 22.2 Å². The molecule has 1 amide bonds. The largest absolute Gasteiger partial charge is 0.392 e. The summed E-state index contributed by atoms with van der Waals surface area (Å²) in [5.41, 5.74) is 7.70. The van der Waals surface area contributed by atoms with Gasteiger partial charge in [-0.3, -0.25) is 9.78 Å². The molecule has 2 N–H and O–H groups in total. The first-order chi connectivity index (χ1) is 25.0. The number of nitrogens with one attached hydrogen (secondary N) is 1. The van der Waals surface area contributed by atoms with E-state index in [1.165, 1.54) is 6.20 Å². The molecule has 3 saturated heterocycles. The number of benzene rings is 4. The molecule has 3 atom stereocenters. The quantitative estimate of drug-likeness (QED) is 0.190. The number of hydrogen-bond donors (Lipinski definition) is 2. The minimum Gasteiger partial charge on any atom is -0.392 e.